The fourth-order valence-electron chi connectivity index (χ4n) is 1.83. The molecule has 2 nitrogen and oxygen atoms in total. The maximum Gasteiger partial charge on any atom is 0.0548 e. The highest BCUT2D eigenvalue weighted by Gasteiger charge is 2.13. The number of halogens is 1. The van der Waals surface area contributed by atoms with E-state index in [4.69, 9.17) is 11.6 Å². The van der Waals surface area contributed by atoms with Crippen molar-refractivity contribution in [2.24, 2.45) is 0 Å². The van der Waals surface area contributed by atoms with Gasteiger partial charge in [-0.05, 0) is 31.2 Å². The van der Waals surface area contributed by atoms with Gasteiger partial charge in [0.15, 0.2) is 0 Å². The lowest BCUT2D eigenvalue weighted by Gasteiger charge is -2.12. The summed E-state index contributed by atoms with van der Waals surface area (Å²) in [6.45, 7) is 0.858. The Kier molecular flexibility index (Phi) is 2.35. The monoisotopic (exact) mass is 184 g/mol. The molecule has 1 aliphatic rings. The molecule has 66 valence electrons. The van der Waals surface area contributed by atoms with Crippen LogP contribution in [0.4, 0.5) is 0 Å². The lowest BCUT2D eigenvalue weighted by Crippen LogP contribution is -2.10. The van der Waals surface area contributed by atoms with Gasteiger partial charge in [0.05, 0.1) is 12.7 Å². The molecule has 12 heavy (non-hydrogen) atoms. The average Bonchev–Trinajstić information content (AvgIpc) is 2.50. The number of fused-ring (bicyclic) bond motifs is 1. The zero-order valence-corrected chi connectivity index (χ0v) is 7.85. The Morgan fingerprint density at radius 2 is 2.25 bits per heavy atom. The molecule has 0 fully saturated rings. The molecule has 0 saturated carbocycles. The van der Waals surface area contributed by atoms with Crippen LogP contribution in [-0.2, 0) is 19.4 Å². The molecule has 0 saturated heterocycles. The van der Waals surface area contributed by atoms with Crippen molar-refractivity contribution < 1.29 is 0 Å². The Bertz CT molecular complexity index is 267. The summed E-state index contributed by atoms with van der Waals surface area (Å²) >= 11 is 5.67. The van der Waals surface area contributed by atoms with E-state index in [0.717, 1.165) is 6.54 Å². The summed E-state index contributed by atoms with van der Waals surface area (Å²) in [7, 11) is 0. The van der Waals surface area contributed by atoms with Gasteiger partial charge in [0.2, 0.25) is 0 Å². The third-order valence-corrected chi connectivity index (χ3v) is 2.61. The first-order chi connectivity index (χ1) is 5.92. The molecule has 1 aromatic rings. The standard InChI is InChI=1S/C9H13ClN2/c10-5-6-12-9-4-2-1-3-8(9)7-11-12/h7H,1-6H2. The molecule has 1 aromatic heterocycles. The van der Waals surface area contributed by atoms with Gasteiger partial charge in [0.1, 0.15) is 0 Å². The number of hydrogen-bond acceptors (Lipinski definition) is 1. The van der Waals surface area contributed by atoms with Crippen LogP contribution in [0.15, 0.2) is 6.20 Å². The Hall–Kier alpha value is -0.500. The van der Waals surface area contributed by atoms with Gasteiger partial charge in [0, 0.05) is 11.6 Å². The number of alkyl halides is 1. The van der Waals surface area contributed by atoms with Crippen molar-refractivity contribution in [3.8, 4) is 0 Å². The first kappa shape index (κ1) is 8.11. The summed E-state index contributed by atoms with van der Waals surface area (Å²) in [6.07, 6.45) is 7.02. The van der Waals surface area contributed by atoms with E-state index in [1.165, 1.54) is 36.9 Å². The Balaban J connectivity index is 2.25. The summed E-state index contributed by atoms with van der Waals surface area (Å²) in [5.74, 6) is 0.661. The van der Waals surface area contributed by atoms with Crippen LogP contribution >= 0.6 is 11.6 Å². The van der Waals surface area contributed by atoms with Crippen molar-refractivity contribution in [3.05, 3.63) is 17.5 Å². The molecule has 0 amide bonds. The molecule has 0 spiro atoms. The normalized spacial score (nSPS) is 16.1. The van der Waals surface area contributed by atoms with Gasteiger partial charge < -0.3 is 0 Å². The summed E-state index contributed by atoms with van der Waals surface area (Å²) in [4.78, 5) is 0. The molecule has 0 unspecified atom stereocenters. The first-order valence-corrected chi connectivity index (χ1v) is 5.05. The fraction of sp³-hybridized carbons (Fsp3) is 0.667. The van der Waals surface area contributed by atoms with Crippen LogP contribution in [-0.4, -0.2) is 15.7 Å². The van der Waals surface area contributed by atoms with E-state index in [0.29, 0.717) is 5.88 Å². The van der Waals surface area contributed by atoms with E-state index in [1.54, 1.807) is 0 Å². The molecule has 0 radical (unpaired) electrons. The summed E-state index contributed by atoms with van der Waals surface area (Å²) < 4.78 is 2.06. The molecule has 0 N–H and O–H groups in total. The van der Waals surface area contributed by atoms with Crippen LogP contribution in [0.2, 0.25) is 0 Å². The van der Waals surface area contributed by atoms with E-state index in [9.17, 15) is 0 Å². The van der Waals surface area contributed by atoms with Gasteiger partial charge in [-0.25, -0.2) is 0 Å². The number of nitrogens with zero attached hydrogens (tertiary/aromatic N) is 2. The largest absolute Gasteiger partial charge is 0.268 e. The van der Waals surface area contributed by atoms with Crippen LogP contribution in [0.25, 0.3) is 0 Å². The number of rotatable bonds is 2. The fourth-order valence-corrected chi connectivity index (χ4v) is 1.99. The highest BCUT2D eigenvalue weighted by Crippen LogP contribution is 2.20. The van der Waals surface area contributed by atoms with Gasteiger partial charge in [0.25, 0.3) is 0 Å². The van der Waals surface area contributed by atoms with Crippen molar-refractivity contribution in [3.63, 3.8) is 0 Å². The number of aryl methyl sites for hydroxylation is 2. The van der Waals surface area contributed by atoms with Crippen molar-refractivity contribution in [2.75, 3.05) is 5.88 Å². The third-order valence-electron chi connectivity index (χ3n) is 2.44. The predicted octanol–water partition coefficient (Wildman–Crippen LogP) is 2.00. The van der Waals surface area contributed by atoms with Crippen LogP contribution in [0, 0.1) is 0 Å². The minimum Gasteiger partial charge on any atom is -0.268 e. The van der Waals surface area contributed by atoms with Crippen molar-refractivity contribution >= 4 is 11.6 Å². The minimum atomic E-state index is 0.661. The molecular weight excluding hydrogens is 172 g/mol. The van der Waals surface area contributed by atoms with Crippen LogP contribution in [0.3, 0.4) is 0 Å². The van der Waals surface area contributed by atoms with Gasteiger partial charge >= 0.3 is 0 Å². The van der Waals surface area contributed by atoms with Crippen LogP contribution < -0.4 is 0 Å². The molecule has 1 aliphatic carbocycles. The SMILES string of the molecule is ClCCn1ncc2c1CCCC2. The summed E-state index contributed by atoms with van der Waals surface area (Å²) in [6, 6.07) is 0. The van der Waals surface area contributed by atoms with Gasteiger partial charge in [-0.15, -0.1) is 11.6 Å². The van der Waals surface area contributed by atoms with Crippen molar-refractivity contribution in [1.29, 1.82) is 0 Å². The molecule has 0 bridgehead atoms. The Morgan fingerprint density at radius 1 is 1.42 bits per heavy atom. The van der Waals surface area contributed by atoms with Gasteiger partial charge in [-0.1, -0.05) is 0 Å². The topological polar surface area (TPSA) is 17.8 Å². The van der Waals surface area contributed by atoms with Gasteiger partial charge in [-0.2, -0.15) is 5.10 Å². The van der Waals surface area contributed by atoms with E-state index in [-0.39, 0.29) is 0 Å². The van der Waals surface area contributed by atoms with Gasteiger partial charge in [-0.3, -0.25) is 4.68 Å². The van der Waals surface area contributed by atoms with Crippen LogP contribution in [0.1, 0.15) is 24.1 Å². The Morgan fingerprint density at radius 3 is 3.08 bits per heavy atom. The third kappa shape index (κ3) is 1.36. The smallest absolute Gasteiger partial charge is 0.0548 e. The highest BCUT2D eigenvalue weighted by atomic mass is 35.5. The van der Waals surface area contributed by atoms with Crippen LogP contribution in [0.5, 0.6) is 0 Å². The van der Waals surface area contributed by atoms with E-state index >= 15 is 0 Å². The number of aromatic nitrogens is 2. The maximum atomic E-state index is 5.67. The second kappa shape index (κ2) is 3.48. The maximum absolute atomic E-state index is 5.67. The van der Waals surface area contributed by atoms with E-state index in [1.807, 2.05) is 6.20 Å². The molecule has 1 heterocycles. The first-order valence-electron chi connectivity index (χ1n) is 4.51. The Labute approximate surface area is 77.5 Å². The molecule has 0 atom stereocenters. The quantitative estimate of drug-likeness (QED) is 0.643. The second-order valence-corrected chi connectivity index (χ2v) is 3.61. The lowest BCUT2D eigenvalue weighted by molar-refractivity contribution is 0.584. The predicted molar refractivity (Wildman–Crippen MR) is 49.6 cm³/mol. The summed E-state index contributed by atoms with van der Waals surface area (Å²) in [5, 5.41) is 4.32. The zero-order valence-electron chi connectivity index (χ0n) is 7.09. The lowest BCUT2D eigenvalue weighted by atomic mass is 9.98. The molecule has 0 aliphatic heterocycles. The zero-order chi connectivity index (χ0) is 8.39. The van der Waals surface area contributed by atoms with Crippen molar-refractivity contribution in [1.82, 2.24) is 9.78 Å². The molecular formula is C9H13ClN2. The molecule has 0 aromatic carbocycles. The van der Waals surface area contributed by atoms with E-state index < -0.39 is 0 Å². The number of hydrogen-bond donors (Lipinski definition) is 0. The summed E-state index contributed by atoms with van der Waals surface area (Å²) in [5.41, 5.74) is 2.85. The average molecular weight is 185 g/mol. The molecule has 2 rings (SSSR count). The molecule has 3 heteroatoms. The highest BCUT2D eigenvalue weighted by molar-refractivity contribution is 6.17. The second-order valence-electron chi connectivity index (χ2n) is 3.24. The van der Waals surface area contributed by atoms with Crippen molar-refractivity contribution in [2.45, 2.75) is 32.2 Å². The van der Waals surface area contributed by atoms with E-state index in [2.05, 4.69) is 9.78 Å². The minimum absolute atomic E-state index is 0.661.